The van der Waals surface area contributed by atoms with Gasteiger partial charge in [0.25, 0.3) is 0 Å². The SMILES string of the molecule is Cc1nn(C)c(OCCC(C)C)c1C=CC(=O)O. The smallest absolute Gasteiger partial charge is 0.328 e. The van der Waals surface area contributed by atoms with E-state index in [-0.39, 0.29) is 0 Å². The lowest BCUT2D eigenvalue weighted by molar-refractivity contribution is -0.131. The molecule has 0 aliphatic carbocycles. The standard InChI is InChI=1S/C13H20N2O3/c1-9(2)7-8-18-13-11(5-6-12(16)17)10(3)14-15(13)4/h5-6,9H,7-8H2,1-4H3,(H,16,17). The summed E-state index contributed by atoms with van der Waals surface area (Å²) in [4.78, 5) is 10.6. The number of nitrogens with zero attached hydrogens (tertiary/aromatic N) is 2. The predicted octanol–water partition coefficient (Wildman–Crippen LogP) is 2.25. The summed E-state index contributed by atoms with van der Waals surface area (Å²) in [5.74, 6) is 0.203. The third-order valence-electron chi connectivity index (χ3n) is 2.54. The van der Waals surface area contributed by atoms with Crippen LogP contribution in [0, 0.1) is 12.8 Å². The van der Waals surface area contributed by atoms with Gasteiger partial charge in [-0.15, -0.1) is 0 Å². The zero-order chi connectivity index (χ0) is 13.7. The van der Waals surface area contributed by atoms with Gasteiger partial charge in [-0.2, -0.15) is 5.10 Å². The van der Waals surface area contributed by atoms with Crippen LogP contribution in [-0.2, 0) is 11.8 Å². The number of hydrogen-bond acceptors (Lipinski definition) is 3. The van der Waals surface area contributed by atoms with Gasteiger partial charge in [0.15, 0.2) is 0 Å². The Morgan fingerprint density at radius 1 is 1.56 bits per heavy atom. The summed E-state index contributed by atoms with van der Waals surface area (Å²) in [6.07, 6.45) is 3.57. The van der Waals surface area contributed by atoms with Crippen LogP contribution in [0.1, 0.15) is 31.5 Å². The lowest BCUT2D eigenvalue weighted by Gasteiger charge is -2.09. The highest BCUT2D eigenvalue weighted by Crippen LogP contribution is 2.23. The number of hydrogen-bond donors (Lipinski definition) is 1. The molecule has 18 heavy (non-hydrogen) atoms. The van der Waals surface area contributed by atoms with E-state index < -0.39 is 5.97 Å². The molecule has 1 heterocycles. The number of aliphatic carboxylic acids is 1. The number of rotatable bonds is 6. The number of ether oxygens (including phenoxy) is 1. The van der Waals surface area contributed by atoms with Crippen LogP contribution < -0.4 is 4.74 Å². The molecule has 5 heteroatoms. The first-order chi connectivity index (χ1) is 8.41. The second kappa shape index (κ2) is 6.23. The van der Waals surface area contributed by atoms with Crippen LogP contribution in [0.15, 0.2) is 6.08 Å². The van der Waals surface area contributed by atoms with Crippen molar-refractivity contribution in [3.05, 3.63) is 17.3 Å². The zero-order valence-corrected chi connectivity index (χ0v) is 11.3. The van der Waals surface area contributed by atoms with E-state index in [0.29, 0.717) is 18.4 Å². The van der Waals surface area contributed by atoms with Gasteiger partial charge >= 0.3 is 5.97 Å². The molecule has 0 saturated carbocycles. The normalized spacial score (nSPS) is 11.4. The van der Waals surface area contributed by atoms with Crippen molar-refractivity contribution in [2.45, 2.75) is 27.2 Å². The second-order valence-corrected chi connectivity index (χ2v) is 4.63. The summed E-state index contributed by atoms with van der Waals surface area (Å²) in [5.41, 5.74) is 1.48. The Labute approximate surface area is 107 Å². The minimum atomic E-state index is -0.980. The Balaban J connectivity index is 2.85. The van der Waals surface area contributed by atoms with Crippen LogP contribution in [0.5, 0.6) is 5.88 Å². The molecule has 0 saturated heterocycles. The summed E-state index contributed by atoms with van der Waals surface area (Å²) in [6.45, 7) is 6.69. The summed E-state index contributed by atoms with van der Waals surface area (Å²) < 4.78 is 7.32. The van der Waals surface area contributed by atoms with Crippen LogP contribution in [0.2, 0.25) is 0 Å². The largest absolute Gasteiger partial charge is 0.478 e. The van der Waals surface area contributed by atoms with Crippen LogP contribution in [0.3, 0.4) is 0 Å². The van der Waals surface area contributed by atoms with Crippen LogP contribution >= 0.6 is 0 Å². The fraction of sp³-hybridized carbons (Fsp3) is 0.538. The van der Waals surface area contributed by atoms with E-state index in [1.54, 1.807) is 11.7 Å². The van der Waals surface area contributed by atoms with E-state index in [1.807, 2.05) is 6.92 Å². The van der Waals surface area contributed by atoms with E-state index in [0.717, 1.165) is 23.8 Å². The highest BCUT2D eigenvalue weighted by molar-refractivity contribution is 5.86. The third-order valence-corrected chi connectivity index (χ3v) is 2.54. The van der Waals surface area contributed by atoms with Crippen molar-refractivity contribution < 1.29 is 14.6 Å². The highest BCUT2D eigenvalue weighted by atomic mass is 16.5. The maximum atomic E-state index is 10.6. The summed E-state index contributed by atoms with van der Waals surface area (Å²) in [5, 5.41) is 12.9. The Kier molecular flexibility index (Phi) is 4.95. The Bertz CT molecular complexity index is 447. The molecule has 0 unspecified atom stereocenters. The average Bonchev–Trinajstić information content (AvgIpc) is 2.50. The average molecular weight is 252 g/mol. The van der Waals surface area contributed by atoms with Crippen molar-refractivity contribution >= 4 is 12.0 Å². The molecule has 5 nitrogen and oxygen atoms in total. The van der Waals surface area contributed by atoms with E-state index in [4.69, 9.17) is 9.84 Å². The van der Waals surface area contributed by atoms with Gasteiger partial charge in [0.05, 0.1) is 17.9 Å². The van der Waals surface area contributed by atoms with Gasteiger partial charge in [0.2, 0.25) is 5.88 Å². The molecule has 0 fully saturated rings. The summed E-state index contributed by atoms with van der Waals surface area (Å²) in [7, 11) is 1.79. The van der Waals surface area contributed by atoms with Crippen LogP contribution in [0.25, 0.3) is 6.08 Å². The molecule has 0 atom stereocenters. The summed E-state index contributed by atoms with van der Waals surface area (Å²) in [6, 6.07) is 0. The van der Waals surface area contributed by atoms with Gasteiger partial charge in [-0.25, -0.2) is 9.48 Å². The molecule has 0 aliphatic rings. The molecule has 1 aromatic heterocycles. The third kappa shape index (κ3) is 3.91. The van der Waals surface area contributed by atoms with Crippen molar-refractivity contribution in [2.75, 3.05) is 6.61 Å². The van der Waals surface area contributed by atoms with Crippen LogP contribution in [0.4, 0.5) is 0 Å². The lowest BCUT2D eigenvalue weighted by atomic mass is 10.1. The van der Waals surface area contributed by atoms with Gasteiger partial charge in [-0.1, -0.05) is 13.8 Å². The molecule has 0 aromatic carbocycles. The first-order valence-electron chi connectivity index (χ1n) is 5.99. The molecular weight excluding hydrogens is 232 g/mol. The molecule has 100 valence electrons. The maximum Gasteiger partial charge on any atom is 0.328 e. The molecule has 1 N–H and O–H groups in total. The zero-order valence-electron chi connectivity index (χ0n) is 11.3. The summed E-state index contributed by atoms with van der Waals surface area (Å²) >= 11 is 0. The fourth-order valence-corrected chi connectivity index (χ4v) is 1.56. The van der Waals surface area contributed by atoms with E-state index in [1.165, 1.54) is 6.08 Å². The minimum absolute atomic E-state index is 0.567. The van der Waals surface area contributed by atoms with E-state index in [2.05, 4.69) is 18.9 Å². The molecular formula is C13H20N2O3. The molecule has 0 radical (unpaired) electrons. The van der Waals surface area contributed by atoms with Crippen molar-refractivity contribution in [2.24, 2.45) is 13.0 Å². The number of carboxylic acids is 1. The molecule has 0 spiro atoms. The van der Waals surface area contributed by atoms with Gasteiger partial charge < -0.3 is 9.84 Å². The molecule has 1 aromatic rings. The van der Waals surface area contributed by atoms with E-state index >= 15 is 0 Å². The van der Waals surface area contributed by atoms with Gasteiger partial charge in [0, 0.05) is 13.1 Å². The van der Waals surface area contributed by atoms with E-state index in [9.17, 15) is 4.79 Å². The van der Waals surface area contributed by atoms with Gasteiger partial charge in [-0.3, -0.25) is 0 Å². The molecule has 0 bridgehead atoms. The van der Waals surface area contributed by atoms with Gasteiger partial charge in [0.1, 0.15) is 0 Å². The predicted molar refractivity (Wildman–Crippen MR) is 69.6 cm³/mol. The maximum absolute atomic E-state index is 10.6. The topological polar surface area (TPSA) is 64.4 Å². The molecule has 1 rings (SSSR count). The Morgan fingerprint density at radius 3 is 2.78 bits per heavy atom. The molecule has 0 aliphatic heterocycles. The van der Waals surface area contributed by atoms with Crippen molar-refractivity contribution in [1.29, 1.82) is 0 Å². The number of carboxylic acid groups (broad SMARTS) is 1. The highest BCUT2D eigenvalue weighted by Gasteiger charge is 2.12. The second-order valence-electron chi connectivity index (χ2n) is 4.63. The lowest BCUT2D eigenvalue weighted by Crippen LogP contribution is -2.05. The first-order valence-corrected chi connectivity index (χ1v) is 5.99. The fourth-order valence-electron chi connectivity index (χ4n) is 1.56. The minimum Gasteiger partial charge on any atom is -0.478 e. The number of carbonyl (C=O) groups is 1. The quantitative estimate of drug-likeness (QED) is 0.789. The van der Waals surface area contributed by atoms with Crippen molar-refractivity contribution in [3.63, 3.8) is 0 Å². The number of aryl methyl sites for hydroxylation is 2. The Hall–Kier alpha value is -1.78. The number of aromatic nitrogens is 2. The van der Waals surface area contributed by atoms with Crippen molar-refractivity contribution in [1.82, 2.24) is 9.78 Å². The molecule has 0 amide bonds. The van der Waals surface area contributed by atoms with Gasteiger partial charge in [-0.05, 0) is 25.3 Å². The first kappa shape index (κ1) is 14.3. The Morgan fingerprint density at radius 2 is 2.22 bits per heavy atom. The monoisotopic (exact) mass is 252 g/mol. The van der Waals surface area contributed by atoms with Crippen LogP contribution in [-0.4, -0.2) is 27.5 Å². The van der Waals surface area contributed by atoms with Crippen molar-refractivity contribution in [3.8, 4) is 5.88 Å².